The van der Waals surface area contributed by atoms with Gasteiger partial charge in [0.25, 0.3) is 0 Å². The van der Waals surface area contributed by atoms with Gasteiger partial charge < -0.3 is 14.2 Å². The predicted molar refractivity (Wildman–Crippen MR) is 66.9 cm³/mol. The Morgan fingerprint density at radius 2 is 2.18 bits per heavy atom. The van der Waals surface area contributed by atoms with Crippen LogP contribution in [0.25, 0.3) is 0 Å². The third kappa shape index (κ3) is 2.22. The maximum atomic E-state index is 5.98. The number of rotatable bonds is 4. The third-order valence-corrected chi connectivity index (χ3v) is 4.63. The largest absolute Gasteiger partial charge is 0.369 e. The van der Waals surface area contributed by atoms with E-state index < -0.39 is 0 Å². The van der Waals surface area contributed by atoms with Crippen molar-refractivity contribution in [2.45, 2.75) is 30.4 Å². The highest BCUT2D eigenvalue weighted by Gasteiger charge is 2.51. The maximum absolute atomic E-state index is 5.98. The molecular formula is C13H16O3S. The van der Waals surface area contributed by atoms with Crippen molar-refractivity contribution < 1.29 is 14.2 Å². The van der Waals surface area contributed by atoms with Crippen molar-refractivity contribution in [2.75, 3.05) is 12.9 Å². The summed E-state index contributed by atoms with van der Waals surface area (Å²) < 4.78 is 17.0. The van der Waals surface area contributed by atoms with Crippen molar-refractivity contribution in [3.8, 4) is 0 Å². The molecule has 3 rings (SSSR count). The molecule has 0 N–H and O–H groups in total. The zero-order chi connectivity index (χ0) is 11.7. The highest BCUT2D eigenvalue weighted by atomic mass is 32.2. The summed E-state index contributed by atoms with van der Waals surface area (Å²) in [4.78, 5) is 0. The van der Waals surface area contributed by atoms with E-state index in [2.05, 4.69) is 12.1 Å². The molecule has 1 aromatic rings. The average Bonchev–Trinajstić information content (AvgIpc) is 2.94. The van der Waals surface area contributed by atoms with Crippen LogP contribution in [0, 0.1) is 0 Å². The van der Waals surface area contributed by atoms with Gasteiger partial charge in [-0.2, -0.15) is 0 Å². The summed E-state index contributed by atoms with van der Waals surface area (Å²) in [5.74, 6) is 1.02. The van der Waals surface area contributed by atoms with E-state index in [-0.39, 0.29) is 18.5 Å². The molecule has 4 atom stereocenters. The zero-order valence-electron chi connectivity index (χ0n) is 9.74. The topological polar surface area (TPSA) is 27.7 Å². The number of thioether (sulfide) groups is 1. The first-order valence-corrected chi connectivity index (χ1v) is 6.89. The maximum Gasteiger partial charge on any atom is 0.172 e. The lowest BCUT2D eigenvalue weighted by molar-refractivity contribution is -0.115. The molecule has 1 aromatic carbocycles. The number of hydrogen-bond acceptors (Lipinski definition) is 4. The molecule has 0 aliphatic carbocycles. The van der Waals surface area contributed by atoms with Gasteiger partial charge in [0.1, 0.15) is 6.10 Å². The Bertz CT molecular complexity index is 370. The van der Waals surface area contributed by atoms with Gasteiger partial charge in [0, 0.05) is 12.9 Å². The minimum absolute atomic E-state index is 0.0977. The van der Waals surface area contributed by atoms with Crippen molar-refractivity contribution in [1.82, 2.24) is 0 Å². The second-order valence-corrected chi connectivity index (χ2v) is 5.55. The number of methoxy groups -OCH3 is 1. The summed E-state index contributed by atoms with van der Waals surface area (Å²) in [6.45, 7) is 0.652. The van der Waals surface area contributed by atoms with E-state index in [1.165, 1.54) is 5.56 Å². The first-order chi connectivity index (χ1) is 8.38. The molecule has 2 fully saturated rings. The van der Waals surface area contributed by atoms with E-state index in [4.69, 9.17) is 14.2 Å². The first-order valence-electron chi connectivity index (χ1n) is 5.84. The van der Waals surface area contributed by atoms with Crippen molar-refractivity contribution in [1.29, 1.82) is 0 Å². The Morgan fingerprint density at radius 3 is 2.88 bits per heavy atom. The normalized spacial score (nSPS) is 35.4. The van der Waals surface area contributed by atoms with E-state index in [1.807, 2.05) is 30.0 Å². The van der Waals surface area contributed by atoms with Crippen LogP contribution < -0.4 is 0 Å². The van der Waals surface area contributed by atoms with Gasteiger partial charge >= 0.3 is 0 Å². The molecule has 17 heavy (non-hydrogen) atoms. The lowest BCUT2D eigenvalue weighted by atomic mass is 10.2. The molecule has 2 aliphatic heterocycles. The van der Waals surface area contributed by atoms with Crippen molar-refractivity contribution in [3.63, 3.8) is 0 Å². The molecule has 2 bridgehead atoms. The number of ether oxygens (including phenoxy) is 3. The highest BCUT2D eigenvalue weighted by Crippen LogP contribution is 2.42. The zero-order valence-corrected chi connectivity index (χ0v) is 10.6. The van der Waals surface area contributed by atoms with Crippen LogP contribution in [0.15, 0.2) is 30.3 Å². The lowest BCUT2D eigenvalue weighted by Gasteiger charge is -2.19. The minimum atomic E-state index is -0.0977. The summed E-state index contributed by atoms with van der Waals surface area (Å²) in [5, 5.41) is 0.328. The van der Waals surface area contributed by atoms with Gasteiger partial charge in [0.15, 0.2) is 6.29 Å². The molecule has 0 saturated carbocycles. The van der Waals surface area contributed by atoms with E-state index in [0.717, 1.165) is 5.75 Å². The molecule has 2 aliphatic rings. The number of benzene rings is 1. The summed E-state index contributed by atoms with van der Waals surface area (Å²) in [7, 11) is 1.69. The van der Waals surface area contributed by atoms with Gasteiger partial charge in [-0.25, -0.2) is 0 Å². The number of hydrogen-bond donors (Lipinski definition) is 0. The van der Waals surface area contributed by atoms with E-state index in [9.17, 15) is 0 Å². The van der Waals surface area contributed by atoms with Crippen LogP contribution in [0.3, 0.4) is 0 Å². The fourth-order valence-electron chi connectivity index (χ4n) is 2.37. The van der Waals surface area contributed by atoms with Gasteiger partial charge in [-0.3, -0.25) is 0 Å². The summed E-state index contributed by atoms with van der Waals surface area (Å²) in [5.41, 5.74) is 1.21. The molecule has 0 spiro atoms. The SMILES string of the molecule is CO[C@@H]1O[C@@H]2CSC1[C@H]2OCc1ccccc1. The fourth-order valence-corrected chi connectivity index (χ4v) is 3.82. The van der Waals surface area contributed by atoms with Crippen LogP contribution in [0.1, 0.15) is 5.56 Å². The standard InChI is InChI=1S/C13H16O3S/c1-14-13-12-11(10(16-13)8-17-12)15-7-9-5-3-2-4-6-9/h2-6,10-13H,7-8H2,1H3/t10-,11+,12?,13-/m1/s1. The van der Waals surface area contributed by atoms with Gasteiger partial charge in [-0.1, -0.05) is 30.3 Å². The molecule has 0 aromatic heterocycles. The summed E-state index contributed by atoms with van der Waals surface area (Å²) in [6.07, 6.45) is 0.267. The monoisotopic (exact) mass is 252 g/mol. The van der Waals surface area contributed by atoms with Crippen molar-refractivity contribution >= 4 is 11.8 Å². The Hall–Kier alpha value is -0.550. The fraction of sp³-hybridized carbons (Fsp3) is 0.538. The minimum Gasteiger partial charge on any atom is -0.369 e. The third-order valence-electron chi connectivity index (χ3n) is 3.24. The van der Waals surface area contributed by atoms with Crippen molar-refractivity contribution in [2.24, 2.45) is 0 Å². The van der Waals surface area contributed by atoms with Crippen LogP contribution in [0.4, 0.5) is 0 Å². The predicted octanol–water partition coefficient (Wildman–Crippen LogP) is 2.06. The number of fused-ring (bicyclic) bond motifs is 2. The first kappa shape index (κ1) is 11.5. The molecular weight excluding hydrogens is 236 g/mol. The molecule has 0 radical (unpaired) electrons. The van der Waals surface area contributed by atoms with Crippen LogP contribution in [-0.4, -0.2) is 36.6 Å². The summed E-state index contributed by atoms with van der Waals surface area (Å²) >= 11 is 1.89. The quantitative estimate of drug-likeness (QED) is 0.820. The van der Waals surface area contributed by atoms with Crippen LogP contribution in [0.5, 0.6) is 0 Å². The van der Waals surface area contributed by atoms with Gasteiger partial charge in [-0.05, 0) is 5.56 Å². The molecule has 0 amide bonds. The Labute approximate surface area is 105 Å². The van der Waals surface area contributed by atoms with Crippen molar-refractivity contribution in [3.05, 3.63) is 35.9 Å². The Kier molecular flexibility index (Phi) is 3.38. The average molecular weight is 252 g/mol. The second kappa shape index (κ2) is 4.98. The van der Waals surface area contributed by atoms with Crippen LogP contribution in [-0.2, 0) is 20.8 Å². The van der Waals surface area contributed by atoms with Crippen LogP contribution in [0.2, 0.25) is 0 Å². The van der Waals surface area contributed by atoms with E-state index in [1.54, 1.807) is 7.11 Å². The lowest BCUT2D eigenvalue weighted by Crippen LogP contribution is -2.28. The Morgan fingerprint density at radius 1 is 1.35 bits per heavy atom. The van der Waals surface area contributed by atoms with E-state index in [0.29, 0.717) is 11.9 Å². The smallest absolute Gasteiger partial charge is 0.172 e. The summed E-state index contributed by atoms with van der Waals surface area (Å²) in [6, 6.07) is 10.2. The van der Waals surface area contributed by atoms with Crippen LogP contribution >= 0.6 is 11.8 Å². The molecule has 2 saturated heterocycles. The molecule has 4 heteroatoms. The van der Waals surface area contributed by atoms with Gasteiger partial charge in [0.2, 0.25) is 0 Å². The molecule has 1 unspecified atom stereocenters. The van der Waals surface area contributed by atoms with E-state index >= 15 is 0 Å². The molecule has 92 valence electrons. The molecule has 2 heterocycles. The Balaban J connectivity index is 1.60. The molecule has 3 nitrogen and oxygen atoms in total. The highest BCUT2D eigenvalue weighted by molar-refractivity contribution is 8.00. The van der Waals surface area contributed by atoms with Gasteiger partial charge in [0.05, 0.1) is 18.0 Å². The van der Waals surface area contributed by atoms with Gasteiger partial charge in [-0.15, -0.1) is 11.8 Å². The second-order valence-electron chi connectivity index (χ2n) is 4.34.